The van der Waals surface area contributed by atoms with Crippen molar-refractivity contribution in [2.75, 3.05) is 5.32 Å². The molecule has 0 saturated carbocycles. The first-order chi connectivity index (χ1) is 18.8. The molecule has 0 fully saturated rings. The van der Waals surface area contributed by atoms with Crippen molar-refractivity contribution in [2.45, 2.75) is 6.54 Å². The molecule has 9 nitrogen and oxygen atoms in total. The molecule has 12 heteroatoms. The number of anilines is 1. The third-order valence-corrected chi connectivity index (χ3v) is 6.02. The molecule has 0 unspecified atom stereocenters. The second-order valence-electron chi connectivity index (χ2n) is 8.47. The molecular weight excluding hydrogens is 528 g/mol. The third kappa shape index (κ3) is 5.53. The summed E-state index contributed by atoms with van der Waals surface area (Å²) in [5.74, 6) is -2.64. The Hall–Kier alpha value is -4.90. The smallest absolute Gasteiger partial charge is 0.272 e. The van der Waals surface area contributed by atoms with E-state index in [1.807, 2.05) is 6.07 Å². The third-order valence-electron chi connectivity index (χ3n) is 5.71. The van der Waals surface area contributed by atoms with E-state index in [2.05, 4.69) is 25.8 Å². The Kier molecular flexibility index (Phi) is 7.15. The Bertz CT molecular complexity index is 1680. The number of halogens is 3. The first-order valence-corrected chi connectivity index (χ1v) is 12.0. The Morgan fingerprint density at radius 1 is 1.00 bits per heavy atom. The molecule has 0 aliphatic rings. The van der Waals surface area contributed by atoms with Gasteiger partial charge in [0, 0.05) is 43.2 Å². The second kappa shape index (κ2) is 10.8. The summed E-state index contributed by atoms with van der Waals surface area (Å²) < 4.78 is 32.0. The molecule has 3 aromatic heterocycles. The van der Waals surface area contributed by atoms with Crippen LogP contribution in [0.25, 0.3) is 16.9 Å². The Morgan fingerprint density at radius 2 is 1.79 bits per heavy atom. The van der Waals surface area contributed by atoms with Crippen molar-refractivity contribution in [3.63, 3.8) is 0 Å². The molecule has 0 bridgehead atoms. The van der Waals surface area contributed by atoms with Gasteiger partial charge in [0.1, 0.15) is 23.1 Å². The van der Waals surface area contributed by atoms with E-state index in [4.69, 9.17) is 11.6 Å². The molecular formula is C27H20ClF2N7O2. The van der Waals surface area contributed by atoms with Gasteiger partial charge in [-0.3, -0.25) is 19.3 Å². The lowest BCUT2D eigenvalue weighted by atomic mass is 10.1. The number of para-hydroxylation sites is 1. The molecule has 3 heterocycles. The number of nitrogens with zero attached hydrogens (tertiary/aromatic N) is 5. The van der Waals surface area contributed by atoms with E-state index in [1.165, 1.54) is 23.0 Å². The summed E-state index contributed by atoms with van der Waals surface area (Å²) in [5, 5.41) is 13.7. The van der Waals surface area contributed by atoms with Gasteiger partial charge in [-0.25, -0.2) is 13.5 Å². The highest BCUT2D eigenvalue weighted by Crippen LogP contribution is 2.30. The number of aromatic nitrogens is 5. The van der Waals surface area contributed by atoms with Gasteiger partial charge < -0.3 is 10.6 Å². The number of pyridine rings is 1. The van der Waals surface area contributed by atoms with Crippen LogP contribution in [0.4, 0.5) is 14.6 Å². The molecule has 2 N–H and O–H groups in total. The number of aryl methyl sites for hydroxylation is 1. The predicted octanol–water partition coefficient (Wildman–Crippen LogP) is 4.78. The van der Waals surface area contributed by atoms with Crippen LogP contribution in [0.5, 0.6) is 0 Å². The molecule has 2 amide bonds. The number of hydrogen-bond acceptors (Lipinski definition) is 5. The second-order valence-corrected chi connectivity index (χ2v) is 8.87. The summed E-state index contributed by atoms with van der Waals surface area (Å²) in [5.41, 5.74) is 0.798. The van der Waals surface area contributed by atoms with Crippen LogP contribution < -0.4 is 10.6 Å². The molecule has 5 rings (SSSR count). The first-order valence-electron chi connectivity index (χ1n) is 11.6. The number of amides is 2. The maximum absolute atomic E-state index is 14.7. The molecule has 196 valence electrons. The molecule has 0 aliphatic carbocycles. The fraction of sp³-hybridized carbons (Fsp3) is 0.0741. The van der Waals surface area contributed by atoms with E-state index in [9.17, 15) is 18.4 Å². The van der Waals surface area contributed by atoms with E-state index >= 15 is 0 Å². The number of benzene rings is 2. The standard InChI is InChI=1S/C27H20ClF2N7O2/c1-36-15-16(14-33-36)13-32-27(39)23-12-24(37(35-23)17-6-3-2-4-7-17)34-26(38)18-10-19(22(30)11-20(18)28)25-21(29)8-5-9-31-25/h2-12,14-15H,13H2,1H3,(H,32,39)(H,34,38). The largest absolute Gasteiger partial charge is 0.346 e. The zero-order valence-corrected chi connectivity index (χ0v) is 21.2. The molecule has 0 aliphatic heterocycles. The van der Waals surface area contributed by atoms with E-state index in [0.29, 0.717) is 5.69 Å². The predicted molar refractivity (Wildman–Crippen MR) is 140 cm³/mol. The van der Waals surface area contributed by atoms with Crippen LogP contribution in [-0.2, 0) is 13.6 Å². The fourth-order valence-electron chi connectivity index (χ4n) is 3.86. The lowest BCUT2D eigenvalue weighted by molar-refractivity contribution is 0.0944. The average molecular weight is 548 g/mol. The van der Waals surface area contributed by atoms with Crippen LogP contribution in [0, 0.1) is 11.6 Å². The summed E-state index contributed by atoms with van der Waals surface area (Å²) in [7, 11) is 1.77. The van der Waals surface area contributed by atoms with Crippen LogP contribution in [0.15, 0.2) is 79.3 Å². The summed E-state index contributed by atoms with van der Waals surface area (Å²) in [6.45, 7) is 0.227. The first kappa shape index (κ1) is 25.7. The lowest BCUT2D eigenvalue weighted by Gasteiger charge is -2.11. The minimum absolute atomic E-state index is 0.0412. The number of rotatable bonds is 7. The summed E-state index contributed by atoms with van der Waals surface area (Å²) >= 11 is 6.20. The van der Waals surface area contributed by atoms with Crippen molar-refractivity contribution >= 4 is 29.2 Å². The quantitative estimate of drug-likeness (QED) is 0.305. The molecule has 0 saturated heterocycles. The minimum atomic E-state index is -0.837. The maximum atomic E-state index is 14.7. The zero-order chi connectivity index (χ0) is 27.5. The number of hydrogen-bond donors (Lipinski definition) is 2. The zero-order valence-electron chi connectivity index (χ0n) is 20.4. The van der Waals surface area contributed by atoms with Gasteiger partial charge in [0.05, 0.1) is 22.5 Å². The summed E-state index contributed by atoms with van der Waals surface area (Å²) in [6.07, 6.45) is 4.71. The maximum Gasteiger partial charge on any atom is 0.272 e. The average Bonchev–Trinajstić information content (AvgIpc) is 3.54. The van der Waals surface area contributed by atoms with Gasteiger partial charge in [0.2, 0.25) is 0 Å². The number of nitrogens with one attached hydrogen (secondary N) is 2. The molecule has 39 heavy (non-hydrogen) atoms. The fourth-order valence-corrected chi connectivity index (χ4v) is 4.09. The lowest BCUT2D eigenvalue weighted by Crippen LogP contribution is -2.23. The van der Waals surface area contributed by atoms with Gasteiger partial charge in [-0.2, -0.15) is 10.2 Å². The van der Waals surface area contributed by atoms with Gasteiger partial charge in [-0.1, -0.05) is 29.8 Å². The van der Waals surface area contributed by atoms with Crippen LogP contribution in [-0.4, -0.2) is 36.4 Å². The van der Waals surface area contributed by atoms with Crippen LogP contribution in [0.3, 0.4) is 0 Å². The number of carbonyl (C=O) groups is 2. The van der Waals surface area contributed by atoms with Crippen molar-refractivity contribution in [1.29, 1.82) is 0 Å². The topological polar surface area (TPSA) is 107 Å². The van der Waals surface area contributed by atoms with Gasteiger partial charge in [-0.05, 0) is 36.4 Å². The van der Waals surface area contributed by atoms with Crippen molar-refractivity contribution in [3.05, 3.63) is 113 Å². The Morgan fingerprint density at radius 3 is 2.51 bits per heavy atom. The molecule has 0 radical (unpaired) electrons. The normalized spacial score (nSPS) is 10.9. The highest BCUT2D eigenvalue weighted by molar-refractivity contribution is 6.34. The minimum Gasteiger partial charge on any atom is -0.346 e. The summed E-state index contributed by atoms with van der Waals surface area (Å²) in [4.78, 5) is 30.1. The monoisotopic (exact) mass is 547 g/mol. The van der Waals surface area contributed by atoms with Crippen LogP contribution >= 0.6 is 11.6 Å². The van der Waals surface area contributed by atoms with E-state index in [1.54, 1.807) is 48.4 Å². The number of carbonyl (C=O) groups excluding carboxylic acids is 2. The van der Waals surface area contributed by atoms with Gasteiger partial charge >= 0.3 is 0 Å². The van der Waals surface area contributed by atoms with Crippen molar-refractivity contribution in [1.82, 2.24) is 29.9 Å². The van der Waals surface area contributed by atoms with Crippen molar-refractivity contribution in [3.8, 4) is 16.9 Å². The van der Waals surface area contributed by atoms with Gasteiger partial charge in [0.25, 0.3) is 11.8 Å². The molecule has 2 aromatic carbocycles. The highest BCUT2D eigenvalue weighted by atomic mass is 35.5. The van der Waals surface area contributed by atoms with Crippen LogP contribution in [0.1, 0.15) is 26.4 Å². The SMILES string of the molecule is Cn1cc(CNC(=O)c2cc(NC(=O)c3cc(-c4ncccc4F)c(F)cc3Cl)n(-c3ccccc3)n2)cn1. The van der Waals surface area contributed by atoms with E-state index in [0.717, 1.165) is 23.8 Å². The Balaban J connectivity index is 1.46. The van der Waals surface area contributed by atoms with Crippen LogP contribution in [0.2, 0.25) is 5.02 Å². The summed E-state index contributed by atoms with van der Waals surface area (Å²) in [6, 6.07) is 14.8. The van der Waals surface area contributed by atoms with Crippen molar-refractivity contribution < 1.29 is 18.4 Å². The van der Waals surface area contributed by atoms with Gasteiger partial charge in [-0.15, -0.1) is 0 Å². The van der Waals surface area contributed by atoms with E-state index < -0.39 is 23.4 Å². The molecule has 0 spiro atoms. The van der Waals surface area contributed by atoms with Gasteiger partial charge in [0.15, 0.2) is 5.69 Å². The van der Waals surface area contributed by atoms with E-state index in [-0.39, 0.29) is 39.9 Å². The highest BCUT2D eigenvalue weighted by Gasteiger charge is 2.22. The Labute approximate surface area is 226 Å². The molecule has 0 atom stereocenters. The molecule has 5 aromatic rings. The van der Waals surface area contributed by atoms with Crippen molar-refractivity contribution in [2.24, 2.45) is 7.05 Å².